The Morgan fingerprint density at radius 3 is 1.62 bits per heavy atom. The summed E-state index contributed by atoms with van der Waals surface area (Å²) in [7, 11) is 0. The number of alkyl halides is 6. The van der Waals surface area contributed by atoms with Crippen molar-refractivity contribution >= 4 is 30.5 Å². The van der Waals surface area contributed by atoms with Gasteiger partial charge in [0.05, 0.1) is 0 Å². The van der Waals surface area contributed by atoms with Crippen LogP contribution in [0, 0.1) is 0 Å². The lowest BCUT2D eigenvalue weighted by Crippen LogP contribution is -2.53. The summed E-state index contributed by atoms with van der Waals surface area (Å²) in [4.78, 5) is 1.83. The molecule has 0 radical (unpaired) electrons. The van der Waals surface area contributed by atoms with Gasteiger partial charge in [0.25, 0.3) is 5.60 Å². The van der Waals surface area contributed by atoms with Crippen LogP contribution in [0.5, 0.6) is 0 Å². The summed E-state index contributed by atoms with van der Waals surface area (Å²) in [5, 5.41) is 12.4. The Bertz CT molecular complexity index is 501. The summed E-state index contributed by atoms with van der Waals surface area (Å²) in [6.07, 6.45) is -11.7. The van der Waals surface area contributed by atoms with E-state index in [1.807, 2.05) is 4.90 Å². The van der Waals surface area contributed by atoms with Gasteiger partial charge in [-0.05, 0) is 12.1 Å². The SMILES string of the molecule is Cl.Cl.OC(c1ccc(N2CCNCC2)cc1)(C(F)(F)F)C(F)(F)F. The molecule has 0 aliphatic carbocycles. The average Bonchev–Trinajstić information content (AvgIpc) is 2.45. The highest BCUT2D eigenvalue weighted by atomic mass is 35.5. The molecule has 1 fully saturated rings. The molecule has 1 saturated heterocycles. The van der Waals surface area contributed by atoms with E-state index in [0.29, 0.717) is 44.0 Å². The van der Waals surface area contributed by atoms with Crippen molar-refractivity contribution < 1.29 is 31.4 Å². The Labute approximate surface area is 146 Å². The first-order chi connectivity index (χ1) is 10.1. The van der Waals surface area contributed by atoms with Gasteiger partial charge in [-0.15, -0.1) is 24.8 Å². The van der Waals surface area contributed by atoms with Crippen molar-refractivity contribution in [1.29, 1.82) is 0 Å². The third-order valence-electron chi connectivity index (χ3n) is 3.59. The lowest BCUT2D eigenvalue weighted by Gasteiger charge is -2.33. The number of anilines is 1. The highest BCUT2D eigenvalue weighted by molar-refractivity contribution is 5.85. The van der Waals surface area contributed by atoms with Crippen molar-refractivity contribution in [2.45, 2.75) is 18.0 Å². The number of halogens is 8. The normalized spacial score (nSPS) is 16.2. The second kappa shape index (κ2) is 7.99. The second-order valence-corrected chi connectivity index (χ2v) is 4.99. The number of nitrogens with zero attached hydrogens (tertiary/aromatic N) is 1. The standard InChI is InChI=1S/C13H14F6N2O.2ClH/c14-12(15,16)11(22,13(17,18)19)9-1-3-10(4-2-9)21-7-5-20-6-8-21;;/h1-4,20,22H,5-8H2;2*1H. The number of piperazine rings is 1. The summed E-state index contributed by atoms with van der Waals surface area (Å²) < 4.78 is 76.5. The van der Waals surface area contributed by atoms with Gasteiger partial charge in [0.2, 0.25) is 0 Å². The van der Waals surface area contributed by atoms with Crippen LogP contribution in [0.15, 0.2) is 24.3 Å². The number of aliphatic hydroxyl groups is 1. The third kappa shape index (κ3) is 4.19. The molecule has 0 atom stereocenters. The van der Waals surface area contributed by atoms with Crippen LogP contribution in [-0.4, -0.2) is 43.6 Å². The number of rotatable bonds is 2. The summed E-state index contributed by atoms with van der Waals surface area (Å²) in [5.74, 6) is 0. The summed E-state index contributed by atoms with van der Waals surface area (Å²) in [5.41, 5.74) is -5.61. The molecule has 24 heavy (non-hydrogen) atoms. The van der Waals surface area contributed by atoms with Gasteiger partial charge < -0.3 is 15.3 Å². The molecule has 1 aromatic rings. The average molecular weight is 401 g/mol. The molecule has 0 spiro atoms. The van der Waals surface area contributed by atoms with Gasteiger partial charge >= 0.3 is 12.4 Å². The monoisotopic (exact) mass is 400 g/mol. The van der Waals surface area contributed by atoms with Gasteiger partial charge in [0.15, 0.2) is 0 Å². The Morgan fingerprint density at radius 1 is 0.833 bits per heavy atom. The van der Waals surface area contributed by atoms with Crippen LogP contribution in [0.2, 0.25) is 0 Å². The molecule has 1 aromatic carbocycles. The van der Waals surface area contributed by atoms with Crippen molar-refractivity contribution in [3.63, 3.8) is 0 Å². The van der Waals surface area contributed by atoms with E-state index < -0.39 is 23.5 Å². The quantitative estimate of drug-likeness (QED) is 0.748. The van der Waals surface area contributed by atoms with E-state index in [2.05, 4.69) is 5.32 Å². The van der Waals surface area contributed by atoms with E-state index in [4.69, 9.17) is 0 Å². The first-order valence-corrected chi connectivity index (χ1v) is 6.49. The van der Waals surface area contributed by atoms with Crippen molar-refractivity contribution in [2.75, 3.05) is 31.1 Å². The van der Waals surface area contributed by atoms with Crippen LogP contribution in [0.4, 0.5) is 32.0 Å². The van der Waals surface area contributed by atoms with Crippen molar-refractivity contribution in [3.8, 4) is 0 Å². The van der Waals surface area contributed by atoms with E-state index in [-0.39, 0.29) is 24.8 Å². The highest BCUT2D eigenvalue weighted by Gasteiger charge is 2.71. The lowest BCUT2D eigenvalue weighted by atomic mass is 9.92. The molecule has 0 amide bonds. The van der Waals surface area contributed by atoms with Crippen LogP contribution < -0.4 is 10.2 Å². The minimum absolute atomic E-state index is 0. The van der Waals surface area contributed by atoms with Gasteiger partial charge in [0.1, 0.15) is 0 Å². The Morgan fingerprint density at radius 2 is 1.25 bits per heavy atom. The molecule has 1 heterocycles. The first kappa shape index (κ1) is 23.1. The number of hydrogen-bond donors (Lipinski definition) is 2. The van der Waals surface area contributed by atoms with Crippen LogP contribution in [0.25, 0.3) is 0 Å². The summed E-state index contributed by atoms with van der Waals surface area (Å²) >= 11 is 0. The number of nitrogens with one attached hydrogen (secondary N) is 1. The minimum Gasteiger partial charge on any atom is -0.369 e. The van der Waals surface area contributed by atoms with Gasteiger partial charge in [-0.3, -0.25) is 0 Å². The zero-order chi connectivity index (χ0) is 16.6. The van der Waals surface area contributed by atoms with Crippen LogP contribution in [0.1, 0.15) is 5.56 Å². The van der Waals surface area contributed by atoms with Crippen molar-refractivity contribution in [1.82, 2.24) is 5.32 Å². The topological polar surface area (TPSA) is 35.5 Å². The van der Waals surface area contributed by atoms with E-state index >= 15 is 0 Å². The van der Waals surface area contributed by atoms with Crippen LogP contribution in [0.3, 0.4) is 0 Å². The number of hydrogen-bond acceptors (Lipinski definition) is 3. The Hall–Kier alpha value is -0.900. The van der Waals surface area contributed by atoms with E-state index in [1.165, 1.54) is 0 Å². The first-order valence-electron chi connectivity index (χ1n) is 6.49. The minimum atomic E-state index is -5.86. The molecule has 2 rings (SSSR count). The van der Waals surface area contributed by atoms with Gasteiger partial charge in [0, 0.05) is 37.4 Å². The second-order valence-electron chi connectivity index (χ2n) is 4.99. The zero-order valence-electron chi connectivity index (χ0n) is 12.1. The molecule has 140 valence electrons. The van der Waals surface area contributed by atoms with E-state index in [9.17, 15) is 31.4 Å². The summed E-state index contributed by atoms with van der Waals surface area (Å²) in [6.45, 7) is 2.55. The zero-order valence-corrected chi connectivity index (χ0v) is 13.7. The molecule has 11 heteroatoms. The predicted molar refractivity (Wildman–Crippen MR) is 82.0 cm³/mol. The van der Waals surface area contributed by atoms with E-state index in [0.717, 1.165) is 12.1 Å². The Kier molecular flexibility index (Phi) is 7.69. The van der Waals surface area contributed by atoms with E-state index in [1.54, 1.807) is 0 Å². The molecule has 0 bridgehead atoms. The van der Waals surface area contributed by atoms with Gasteiger partial charge in [-0.2, -0.15) is 26.3 Å². The number of benzene rings is 1. The molecule has 1 aliphatic heterocycles. The fourth-order valence-electron chi connectivity index (χ4n) is 2.32. The highest BCUT2D eigenvalue weighted by Crippen LogP contribution is 2.50. The lowest BCUT2D eigenvalue weighted by molar-refractivity contribution is -0.376. The maximum Gasteiger partial charge on any atom is 0.430 e. The van der Waals surface area contributed by atoms with Crippen molar-refractivity contribution in [3.05, 3.63) is 29.8 Å². The van der Waals surface area contributed by atoms with Gasteiger partial charge in [-0.1, -0.05) is 12.1 Å². The molecule has 1 aliphatic rings. The predicted octanol–water partition coefficient (Wildman–Crippen LogP) is 3.25. The Balaban J connectivity index is 0.00000264. The molecule has 0 aromatic heterocycles. The molecular weight excluding hydrogens is 385 g/mol. The molecule has 3 nitrogen and oxygen atoms in total. The molecule has 2 N–H and O–H groups in total. The fourth-order valence-corrected chi connectivity index (χ4v) is 2.32. The molecular formula is C13H16Cl2F6N2O. The maximum atomic E-state index is 12.8. The van der Waals surface area contributed by atoms with Crippen molar-refractivity contribution in [2.24, 2.45) is 0 Å². The smallest absolute Gasteiger partial charge is 0.369 e. The van der Waals surface area contributed by atoms with Crippen LogP contribution >= 0.6 is 24.8 Å². The summed E-state index contributed by atoms with van der Waals surface area (Å²) in [6, 6.07) is 3.64. The van der Waals surface area contributed by atoms with Crippen LogP contribution in [-0.2, 0) is 5.60 Å². The fraction of sp³-hybridized carbons (Fsp3) is 0.538. The van der Waals surface area contributed by atoms with Gasteiger partial charge in [-0.25, -0.2) is 0 Å². The largest absolute Gasteiger partial charge is 0.430 e. The maximum absolute atomic E-state index is 12.8. The molecule has 0 saturated carbocycles. The molecule has 0 unspecified atom stereocenters. The third-order valence-corrected chi connectivity index (χ3v) is 3.59.